The molecule has 8 heteroatoms. The van der Waals surface area contributed by atoms with Crippen molar-refractivity contribution in [2.75, 3.05) is 16.8 Å². The normalized spacial score (nSPS) is 14.9. The first kappa shape index (κ1) is 29.4. The molecule has 3 aromatic carbocycles. The number of phenols is 1. The smallest absolute Gasteiger partial charge is 0.298 e. The first-order valence-corrected chi connectivity index (χ1v) is 13.5. The third kappa shape index (κ3) is 6.60. The molecule has 0 saturated heterocycles. The summed E-state index contributed by atoms with van der Waals surface area (Å²) in [4.78, 5) is 27.5. The second-order valence-electron chi connectivity index (χ2n) is 10.7. The summed E-state index contributed by atoms with van der Waals surface area (Å²) in [7, 11) is 0. The van der Waals surface area contributed by atoms with Crippen molar-refractivity contribution < 1.29 is 28.6 Å². The number of carbonyl (C=O) groups is 2. The van der Waals surface area contributed by atoms with Gasteiger partial charge in [0.25, 0.3) is 6.47 Å². The number of aromatic hydroxyl groups is 1. The molecule has 0 saturated carbocycles. The molecule has 41 heavy (non-hydrogen) atoms. The highest BCUT2D eigenvalue weighted by atomic mass is 19.1. The van der Waals surface area contributed by atoms with Gasteiger partial charge >= 0.3 is 0 Å². The lowest BCUT2D eigenvalue weighted by atomic mass is 9.84. The van der Waals surface area contributed by atoms with E-state index < -0.39 is 11.9 Å². The zero-order valence-corrected chi connectivity index (χ0v) is 23.5. The Labute approximate surface area is 239 Å². The van der Waals surface area contributed by atoms with Crippen LogP contribution in [0.25, 0.3) is 0 Å². The molecule has 4 rings (SSSR count). The van der Waals surface area contributed by atoms with Crippen LogP contribution in [0.1, 0.15) is 50.8 Å². The molecule has 1 atom stereocenters. The average Bonchev–Trinajstić information content (AvgIpc) is 3.08. The second kappa shape index (κ2) is 12.7. The van der Waals surface area contributed by atoms with Crippen molar-refractivity contribution >= 4 is 23.8 Å². The molecule has 1 aliphatic rings. The van der Waals surface area contributed by atoms with Gasteiger partial charge in [-0.1, -0.05) is 76.2 Å². The van der Waals surface area contributed by atoms with E-state index in [1.165, 1.54) is 23.1 Å². The minimum atomic E-state index is -1.18. The number of halogens is 1. The molecule has 0 aliphatic carbocycles. The van der Waals surface area contributed by atoms with E-state index in [0.29, 0.717) is 17.8 Å². The molecular weight excluding hydrogens is 523 g/mol. The van der Waals surface area contributed by atoms with Gasteiger partial charge in [0.15, 0.2) is 5.76 Å². The van der Waals surface area contributed by atoms with Crippen LogP contribution in [0.3, 0.4) is 0 Å². The predicted octanol–water partition coefficient (Wildman–Crippen LogP) is 7.05. The lowest BCUT2D eigenvalue weighted by molar-refractivity contribution is -0.126. The Bertz CT molecular complexity index is 1450. The zero-order chi connectivity index (χ0) is 29.6. The lowest BCUT2D eigenvalue weighted by Gasteiger charge is -2.33. The number of nitrogens with one attached hydrogen (secondary N) is 1. The van der Waals surface area contributed by atoms with Crippen LogP contribution in [0.5, 0.6) is 11.5 Å². The number of phenolic OH excluding ortho intramolecular Hbond substituents is 1. The number of hydrogen-bond acceptors (Lipinski definition) is 6. The molecule has 214 valence electrons. The van der Waals surface area contributed by atoms with E-state index in [1.807, 2.05) is 37.3 Å². The molecule has 1 aliphatic heterocycles. The van der Waals surface area contributed by atoms with E-state index in [9.17, 15) is 14.7 Å². The van der Waals surface area contributed by atoms with Crippen molar-refractivity contribution in [1.29, 1.82) is 0 Å². The van der Waals surface area contributed by atoms with Crippen LogP contribution >= 0.6 is 0 Å². The highest BCUT2D eigenvalue weighted by Crippen LogP contribution is 2.48. The fourth-order valence-electron chi connectivity index (χ4n) is 4.80. The Kier molecular flexibility index (Phi) is 9.12. The Morgan fingerprint density at radius 2 is 1.90 bits per heavy atom. The summed E-state index contributed by atoms with van der Waals surface area (Å²) in [5.41, 5.74) is 1.62. The van der Waals surface area contributed by atoms with Gasteiger partial charge in [0, 0.05) is 11.6 Å². The van der Waals surface area contributed by atoms with E-state index >= 15 is 4.39 Å². The summed E-state index contributed by atoms with van der Waals surface area (Å²) < 4.78 is 27.1. The Hall–Kier alpha value is -4.59. The first-order valence-electron chi connectivity index (χ1n) is 13.5. The molecule has 1 heterocycles. The van der Waals surface area contributed by atoms with Crippen LogP contribution in [-0.2, 0) is 20.7 Å². The number of anilines is 2. The van der Waals surface area contributed by atoms with E-state index in [2.05, 4.69) is 25.7 Å². The van der Waals surface area contributed by atoms with Gasteiger partial charge in [0.05, 0.1) is 17.8 Å². The standard InChI is InChI=1S/C33H35FN2O5/c1-5-17-40-23-15-16-24(25(34)19-23)31-32(41-21-37)26(20-33(3,4)6-2)35-30-27(13-10-14-28(30)38)36(31)29(39)18-22-11-8-7-9-12-22/h5,7-16,19,21,31,35,38H,1,6,17-18,20H2,2-4H3. The largest absolute Gasteiger partial charge is 0.506 e. The van der Waals surface area contributed by atoms with Gasteiger partial charge in [0.2, 0.25) is 5.91 Å². The van der Waals surface area contributed by atoms with Gasteiger partial charge < -0.3 is 19.9 Å². The summed E-state index contributed by atoms with van der Waals surface area (Å²) in [6, 6.07) is 17.1. The van der Waals surface area contributed by atoms with E-state index in [-0.39, 0.29) is 59.3 Å². The predicted molar refractivity (Wildman–Crippen MR) is 157 cm³/mol. The molecule has 0 spiro atoms. The topological polar surface area (TPSA) is 88.1 Å². The Morgan fingerprint density at radius 3 is 2.56 bits per heavy atom. The third-order valence-corrected chi connectivity index (χ3v) is 7.25. The number of fused-ring (bicyclic) bond motifs is 1. The molecule has 1 unspecified atom stereocenters. The van der Waals surface area contributed by atoms with E-state index in [4.69, 9.17) is 9.47 Å². The lowest BCUT2D eigenvalue weighted by Crippen LogP contribution is -2.38. The second-order valence-corrected chi connectivity index (χ2v) is 10.7. The molecule has 2 N–H and O–H groups in total. The molecule has 0 radical (unpaired) electrons. The first-order chi connectivity index (χ1) is 19.7. The maximum atomic E-state index is 16.0. The van der Waals surface area contributed by atoms with Gasteiger partial charge in [-0.05, 0) is 41.7 Å². The summed E-state index contributed by atoms with van der Waals surface area (Å²) in [5.74, 6) is -0.793. The van der Waals surface area contributed by atoms with Gasteiger partial charge in [0.1, 0.15) is 35.7 Å². The SMILES string of the molecule is C=CCOc1ccc(C2C(OC=O)=C(CC(C)(C)CC)Nc3c(O)cccc3N2C(=O)Cc2ccccc2)c(F)c1. The van der Waals surface area contributed by atoms with Crippen LogP contribution in [0.15, 0.2) is 90.8 Å². The van der Waals surface area contributed by atoms with Crippen LogP contribution in [0.2, 0.25) is 0 Å². The Morgan fingerprint density at radius 1 is 1.15 bits per heavy atom. The highest BCUT2D eigenvalue weighted by molar-refractivity contribution is 6.01. The van der Waals surface area contributed by atoms with Crippen molar-refractivity contribution in [3.63, 3.8) is 0 Å². The number of amides is 1. The maximum Gasteiger partial charge on any atom is 0.298 e. The van der Waals surface area contributed by atoms with Crippen molar-refractivity contribution in [3.8, 4) is 11.5 Å². The number of rotatable bonds is 11. The number of hydrogen-bond donors (Lipinski definition) is 2. The van der Waals surface area contributed by atoms with Crippen molar-refractivity contribution in [3.05, 3.63) is 108 Å². The number of allylic oxidation sites excluding steroid dienone is 1. The summed E-state index contributed by atoms with van der Waals surface area (Å²) in [6.45, 7) is 10.2. The number of ether oxygens (including phenoxy) is 2. The number of benzene rings is 3. The van der Waals surface area contributed by atoms with E-state index in [0.717, 1.165) is 12.0 Å². The summed E-state index contributed by atoms with van der Waals surface area (Å²) in [5, 5.41) is 14.2. The quantitative estimate of drug-likeness (QED) is 0.149. The van der Waals surface area contributed by atoms with Crippen molar-refractivity contribution in [2.45, 2.75) is 46.1 Å². The molecule has 0 bridgehead atoms. The molecule has 0 aromatic heterocycles. The van der Waals surface area contributed by atoms with Gasteiger partial charge in [-0.3, -0.25) is 14.5 Å². The van der Waals surface area contributed by atoms with Crippen LogP contribution in [0, 0.1) is 11.2 Å². The fraction of sp³-hybridized carbons (Fsp3) is 0.273. The van der Waals surface area contributed by atoms with Crippen molar-refractivity contribution in [1.82, 2.24) is 0 Å². The zero-order valence-electron chi connectivity index (χ0n) is 23.5. The monoisotopic (exact) mass is 558 g/mol. The highest BCUT2D eigenvalue weighted by Gasteiger charge is 2.40. The molecule has 0 fully saturated rings. The van der Waals surface area contributed by atoms with Gasteiger partial charge in [-0.15, -0.1) is 0 Å². The Balaban J connectivity index is 2.00. The summed E-state index contributed by atoms with van der Waals surface area (Å²) >= 11 is 0. The van der Waals surface area contributed by atoms with E-state index in [1.54, 1.807) is 24.3 Å². The van der Waals surface area contributed by atoms with Gasteiger partial charge in [-0.25, -0.2) is 4.39 Å². The van der Waals surface area contributed by atoms with Crippen LogP contribution in [0.4, 0.5) is 15.8 Å². The fourth-order valence-corrected chi connectivity index (χ4v) is 4.80. The minimum absolute atomic E-state index is 0.0151. The molecular formula is C33H35FN2O5. The van der Waals surface area contributed by atoms with Crippen molar-refractivity contribution in [2.24, 2.45) is 5.41 Å². The molecule has 3 aromatic rings. The number of nitrogens with zero attached hydrogens (tertiary/aromatic N) is 1. The van der Waals surface area contributed by atoms with Gasteiger partial charge in [-0.2, -0.15) is 0 Å². The average molecular weight is 559 g/mol. The maximum absolute atomic E-state index is 16.0. The molecule has 7 nitrogen and oxygen atoms in total. The number of para-hydroxylation sites is 1. The van der Waals surface area contributed by atoms with Crippen LogP contribution < -0.4 is 15.0 Å². The summed E-state index contributed by atoms with van der Waals surface area (Å²) in [6.07, 6.45) is 2.71. The number of carbonyl (C=O) groups excluding carboxylic acids is 2. The third-order valence-electron chi connectivity index (χ3n) is 7.25. The van der Waals surface area contributed by atoms with Crippen LogP contribution in [-0.4, -0.2) is 24.1 Å². The molecule has 1 amide bonds. The minimum Gasteiger partial charge on any atom is -0.506 e.